The number of hydrogen-bond acceptors (Lipinski definition) is 1. The zero-order valence-electron chi connectivity index (χ0n) is 10.3. The van der Waals surface area contributed by atoms with Crippen LogP contribution in [0.3, 0.4) is 0 Å². The number of hydrogen-bond donors (Lipinski definition) is 0. The Morgan fingerprint density at radius 1 is 1.31 bits per heavy atom. The minimum absolute atomic E-state index is 0.192. The Bertz CT molecular complexity index is 409. The van der Waals surface area contributed by atoms with Crippen molar-refractivity contribution >= 4 is 5.91 Å². The van der Waals surface area contributed by atoms with E-state index in [0.29, 0.717) is 0 Å². The van der Waals surface area contributed by atoms with Crippen LogP contribution in [0.5, 0.6) is 0 Å². The molecule has 0 N–H and O–H groups in total. The molecule has 0 aliphatic carbocycles. The molecule has 0 radical (unpaired) electrons. The Labute approximate surface area is 97.3 Å². The Morgan fingerprint density at radius 3 is 2.62 bits per heavy atom. The molecule has 16 heavy (non-hydrogen) atoms. The largest absolute Gasteiger partial charge is 0.334 e. The summed E-state index contributed by atoms with van der Waals surface area (Å²) in [4.78, 5) is 14.1. The van der Waals surface area contributed by atoms with Gasteiger partial charge in [-0.2, -0.15) is 0 Å². The molecule has 1 aromatic rings. The lowest BCUT2D eigenvalue weighted by molar-refractivity contribution is 0.0705. The average molecular weight is 217 g/mol. The molecule has 0 atom stereocenters. The average Bonchev–Trinajstić information content (AvgIpc) is 2.56. The van der Waals surface area contributed by atoms with Crippen LogP contribution in [-0.2, 0) is 6.54 Å². The van der Waals surface area contributed by atoms with Gasteiger partial charge in [-0.05, 0) is 23.5 Å². The number of fused-ring (bicyclic) bond motifs is 1. The van der Waals surface area contributed by atoms with Gasteiger partial charge in [-0.1, -0.05) is 39.0 Å². The van der Waals surface area contributed by atoms with Gasteiger partial charge >= 0.3 is 0 Å². The van der Waals surface area contributed by atoms with Crippen LogP contribution < -0.4 is 0 Å². The van der Waals surface area contributed by atoms with Crippen molar-refractivity contribution < 1.29 is 4.79 Å². The molecule has 2 heteroatoms. The molecule has 1 aliphatic rings. The van der Waals surface area contributed by atoms with Crippen LogP contribution in [-0.4, -0.2) is 17.4 Å². The van der Waals surface area contributed by atoms with E-state index >= 15 is 0 Å². The summed E-state index contributed by atoms with van der Waals surface area (Å²) in [7, 11) is 0. The second kappa shape index (κ2) is 3.93. The summed E-state index contributed by atoms with van der Waals surface area (Å²) in [6.45, 7) is 8.22. The third kappa shape index (κ3) is 1.97. The molecule has 1 aliphatic heterocycles. The van der Waals surface area contributed by atoms with Crippen LogP contribution >= 0.6 is 0 Å². The van der Waals surface area contributed by atoms with E-state index in [2.05, 4.69) is 20.8 Å². The van der Waals surface area contributed by atoms with Gasteiger partial charge in [0, 0.05) is 18.7 Å². The number of carbonyl (C=O) groups excluding carboxylic acids is 1. The Hall–Kier alpha value is -1.31. The molecule has 0 saturated carbocycles. The maximum Gasteiger partial charge on any atom is 0.254 e. The molecule has 0 bridgehead atoms. The molecule has 86 valence electrons. The topological polar surface area (TPSA) is 20.3 Å². The van der Waals surface area contributed by atoms with Crippen LogP contribution in [0.1, 0.15) is 43.1 Å². The van der Waals surface area contributed by atoms with Crippen molar-refractivity contribution in [3.8, 4) is 0 Å². The number of nitrogens with zero attached hydrogens (tertiary/aromatic N) is 1. The molecule has 0 saturated heterocycles. The number of rotatable bonds is 3. The van der Waals surface area contributed by atoms with E-state index in [1.807, 2.05) is 29.2 Å². The van der Waals surface area contributed by atoms with E-state index in [1.54, 1.807) is 0 Å². The lowest BCUT2D eigenvalue weighted by atomic mass is 9.90. The van der Waals surface area contributed by atoms with E-state index in [1.165, 1.54) is 5.56 Å². The standard InChI is InChI=1S/C14H19NO/c1-4-14(2,3)10-15-9-11-7-5-6-8-12(11)13(15)16/h5-8H,4,9-10H2,1-3H3. The van der Waals surface area contributed by atoms with E-state index in [9.17, 15) is 4.79 Å². The van der Waals surface area contributed by atoms with Crippen molar-refractivity contribution in [2.24, 2.45) is 5.41 Å². The molecule has 2 rings (SSSR count). The summed E-state index contributed by atoms with van der Waals surface area (Å²) in [6.07, 6.45) is 1.09. The van der Waals surface area contributed by atoms with Gasteiger partial charge in [-0.3, -0.25) is 4.79 Å². The minimum atomic E-state index is 0.192. The molecule has 0 aromatic heterocycles. The van der Waals surface area contributed by atoms with Gasteiger partial charge in [0.05, 0.1) is 0 Å². The number of amides is 1. The Morgan fingerprint density at radius 2 is 2.00 bits per heavy atom. The van der Waals surface area contributed by atoms with Crippen molar-refractivity contribution in [3.63, 3.8) is 0 Å². The summed E-state index contributed by atoms with van der Waals surface area (Å²) in [5, 5.41) is 0. The van der Waals surface area contributed by atoms with Gasteiger partial charge in [0.25, 0.3) is 5.91 Å². The van der Waals surface area contributed by atoms with E-state index < -0.39 is 0 Å². The SMILES string of the molecule is CCC(C)(C)CN1Cc2ccccc2C1=O. The second-order valence-corrected chi connectivity index (χ2v) is 5.34. The fourth-order valence-electron chi connectivity index (χ4n) is 2.07. The fourth-order valence-corrected chi connectivity index (χ4v) is 2.07. The zero-order chi connectivity index (χ0) is 11.8. The Kier molecular flexibility index (Phi) is 2.75. The molecule has 0 unspecified atom stereocenters. The quantitative estimate of drug-likeness (QED) is 0.762. The predicted molar refractivity (Wildman–Crippen MR) is 65.3 cm³/mol. The fraction of sp³-hybridized carbons (Fsp3) is 0.500. The summed E-state index contributed by atoms with van der Waals surface area (Å²) in [5.74, 6) is 0.192. The maximum atomic E-state index is 12.1. The van der Waals surface area contributed by atoms with Gasteiger partial charge in [-0.15, -0.1) is 0 Å². The molecular formula is C14H19NO. The van der Waals surface area contributed by atoms with Crippen LogP contribution in [0.2, 0.25) is 0 Å². The highest BCUT2D eigenvalue weighted by atomic mass is 16.2. The Balaban J connectivity index is 2.16. The number of benzene rings is 1. The van der Waals surface area contributed by atoms with Crippen molar-refractivity contribution in [2.45, 2.75) is 33.7 Å². The third-order valence-electron chi connectivity index (χ3n) is 3.47. The second-order valence-electron chi connectivity index (χ2n) is 5.34. The molecule has 1 heterocycles. The first kappa shape index (κ1) is 11.2. The molecule has 0 fully saturated rings. The van der Waals surface area contributed by atoms with E-state index in [-0.39, 0.29) is 11.3 Å². The summed E-state index contributed by atoms with van der Waals surface area (Å²) in [6, 6.07) is 7.91. The van der Waals surface area contributed by atoms with Crippen molar-refractivity contribution in [1.82, 2.24) is 4.90 Å². The van der Waals surface area contributed by atoms with Gasteiger partial charge < -0.3 is 4.90 Å². The molecule has 1 amide bonds. The van der Waals surface area contributed by atoms with Crippen LogP contribution in [0.25, 0.3) is 0 Å². The van der Waals surface area contributed by atoms with Crippen LogP contribution in [0.15, 0.2) is 24.3 Å². The van der Waals surface area contributed by atoms with Gasteiger partial charge in [0.2, 0.25) is 0 Å². The third-order valence-corrected chi connectivity index (χ3v) is 3.47. The normalized spacial score (nSPS) is 15.4. The van der Waals surface area contributed by atoms with Crippen LogP contribution in [0.4, 0.5) is 0 Å². The predicted octanol–water partition coefficient (Wildman–Crippen LogP) is 3.08. The molecule has 0 spiro atoms. The summed E-state index contributed by atoms with van der Waals surface area (Å²) < 4.78 is 0. The highest BCUT2D eigenvalue weighted by Gasteiger charge is 2.30. The lowest BCUT2D eigenvalue weighted by Crippen LogP contribution is -2.34. The van der Waals surface area contributed by atoms with Crippen molar-refractivity contribution in [1.29, 1.82) is 0 Å². The monoisotopic (exact) mass is 217 g/mol. The smallest absolute Gasteiger partial charge is 0.254 e. The molecule has 1 aromatic carbocycles. The highest BCUT2D eigenvalue weighted by Crippen LogP contribution is 2.28. The first-order valence-electron chi connectivity index (χ1n) is 5.91. The lowest BCUT2D eigenvalue weighted by Gasteiger charge is -2.28. The van der Waals surface area contributed by atoms with Crippen molar-refractivity contribution in [3.05, 3.63) is 35.4 Å². The van der Waals surface area contributed by atoms with E-state index in [0.717, 1.165) is 25.1 Å². The first-order valence-corrected chi connectivity index (χ1v) is 5.91. The first-order chi connectivity index (χ1) is 7.53. The zero-order valence-corrected chi connectivity index (χ0v) is 10.3. The minimum Gasteiger partial charge on any atom is -0.334 e. The molecular weight excluding hydrogens is 198 g/mol. The maximum absolute atomic E-state index is 12.1. The highest BCUT2D eigenvalue weighted by molar-refractivity contribution is 5.98. The summed E-state index contributed by atoms with van der Waals surface area (Å²) in [5.41, 5.74) is 2.26. The van der Waals surface area contributed by atoms with Crippen molar-refractivity contribution in [2.75, 3.05) is 6.54 Å². The molecule has 2 nitrogen and oxygen atoms in total. The van der Waals surface area contributed by atoms with E-state index in [4.69, 9.17) is 0 Å². The number of carbonyl (C=O) groups is 1. The summed E-state index contributed by atoms with van der Waals surface area (Å²) >= 11 is 0. The van der Waals surface area contributed by atoms with Gasteiger partial charge in [0.15, 0.2) is 0 Å². The van der Waals surface area contributed by atoms with Gasteiger partial charge in [-0.25, -0.2) is 0 Å². The van der Waals surface area contributed by atoms with Crippen LogP contribution in [0, 0.1) is 5.41 Å². The van der Waals surface area contributed by atoms with Gasteiger partial charge in [0.1, 0.15) is 0 Å².